The lowest BCUT2D eigenvalue weighted by Crippen LogP contribution is -2.19. The average molecular weight is 339 g/mol. The predicted molar refractivity (Wildman–Crippen MR) is 95.5 cm³/mol. The maximum atomic E-state index is 14.6. The zero-order valence-electron chi connectivity index (χ0n) is 13.8. The van der Waals surface area contributed by atoms with Crippen molar-refractivity contribution in [2.24, 2.45) is 0 Å². The summed E-state index contributed by atoms with van der Waals surface area (Å²) in [4.78, 5) is 23.8. The van der Waals surface area contributed by atoms with E-state index in [2.05, 4.69) is 0 Å². The summed E-state index contributed by atoms with van der Waals surface area (Å²) in [5.41, 5.74) is 0.646. The van der Waals surface area contributed by atoms with Gasteiger partial charge in [-0.2, -0.15) is 0 Å². The van der Waals surface area contributed by atoms with Crippen LogP contribution in [0.5, 0.6) is 0 Å². The van der Waals surface area contributed by atoms with Crippen molar-refractivity contribution in [1.82, 2.24) is 4.57 Å². The standard InChI is InChI=1S/C20H18FNO3/c1-2-3-9-22-12-16(20(24)25)19(23)15-10-17(21)14(11-18(15)22)13-7-5-4-6-8-13/h4-8,10-12H,2-3,9H2,1H3,(H,24,25). The Morgan fingerprint density at radius 2 is 1.92 bits per heavy atom. The number of rotatable bonds is 5. The van der Waals surface area contributed by atoms with E-state index in [0.717, 1.165) is 18.9 Å². The number of unbranched alkanes of at least 4 members (excludes halogenated alkanes) is 1. The molecule has 25 heavy (non-hydrogen) atoms. The van der Waals surface area contributed by atoms with Crippen molar-refractivity contribution in [1.29, 1.82) is 0 Å². The number of halogens is 1. The number of carbonyl (C=O) groups is 1. The summed E-state index contributed by atoms with van der Waals surface area (Å²) < 4.78 is 16.3. The van der Waals surface area contributed by atoms with Crippen LogP contribution in [0.4, 0.5) is 4.39 Å². The zero-order valence-corrected chi connectivity index (χ0v) is 13.8. The maximum Gasteiger partial charge on any atom is 0.341 e. The van der Waals surface area contributed by atoms with Gasteiger partial charge < -0.3 is 9.67 Å². The van der Waals surface area contributed by atoms with Gasteiger partial charge in [-0.15, -0.1) is 0 Å². The van der Waals surface area contributed by atoms with Crippen LogP contribution in [0.2, 0.25) is 0 Å². The number of aryl methyl sites for hydroxylation is 1. The van der Waals surface area contributed by atoms with Gasteiger partial charge in [-0.05, 0) is 24.1 Å². The molecule has 3 rings (SSSR count). The number of hydrogen-bond donors (Lipinski definition) is 1. The Morgan fingerprint density at radius 3 is 2.56 bits per heavy atom. The highest BCUT2D eigenvalue weighted by Gasteiger charge is 2.17. The minimum atomic E-state index is -1.30. The fourth-order valence-corrected chi connectivity index (χ4v) is 2.92. The van der Waals surface area contributed by atoms with Crippen molar-refractivity contribution in [2.75, 3.05) is 0 Å². The number of hydrogen-bond acceptors (Lipinski definition) is 2. The Balaban J connectivity index is 2.32. The van der Waals surface area contributed by atoms with Crippen molar-refractivity contribution < 1.29 is 14.3 Å². The third-order valence-electron chi connectivity index (χ3n) is 4.24. The van der Waals surface area contributed by atoms with Gasteiger partial charge in [-0.25, -0.2) is 9.18 Å². The van der Waals surface area contributed by atoms with Crippen LogP contribution in [0.15, 0.2) is 53.5 Å². The molecule has 0 bridgehead atoms. The van der Waals surface area contributed by atoms with Gasteiger partial charge in [0.05, 0.1) is 5.52 Å². The van der Waals surface area contributed by atoms with E-state index in [0.29, 0.717) is 23.2 Å². The summed E-state index contributed by atoms with van der Waals surface area (Å²) in [6.45, 7) is 2.59. The lowest BCUT2D eigenvalue weighted by molar-refractivity contribution is 0.0695. The highest BCUT2D eigenvalue weighted by molar-refractivity contribution is 5.93. The topological polar surface area (TPSA) is 59.3 Å². The highest BCUT2D eigenvalue weighted by Crippen LogP contribution is 2.27. The molecular formula is C20H18FNO3. The quantitative estimate of drug-likeness (QED) is 0.754. The molecule has 0 aliphatic heterocycles. The molecule has 1 N–H and O–H groups in total. The predicted octanol–water partition coefficient (Wildman–Crippen LogP) is 4.31. The van der Waals surface area contributed by atoms with Crippen LogP contribution in [0.1, 0.15) is 30.1 Å². The van der Waals surface area contributed by atoms with Crippen molar-refractivity contribution in [3.8, 4) is 11.1 Å². The van der Waals surface area contributed by atoms with E-state index in [9.17, 15) is 19.1 Å². The number of carboxylic acids is 1. The van der Waals surface area contributed by atoms with Crippen molar-refractivity contribution in [3.63, 3.8) is 0 Å². The first-order valence-corrected chi connectivity index (χ1v) is 8.18. The summed E-state index contributed by atoms with van der Waals surface area (Å²) in [5, 5.41) is 9.36. The molecule has 1 aromatic heterocycles. The maximum absolute atomic E-state index is 14.6. The minimum absolute atomic E-state index is 0.0909. The third-order valence-corrected chi connectivity index (χ3v) is 4.24. The third kappa shape index (κ3) is 3.18. The molecule has 1 heterocycles. The summed E-state index contributed by atoms with van der Waals surface area (Å²) in [7, 11) is 0. The molecule has 0 spiro atoms. The van der Waals surface area contributed by atoms with Gasteiger partial charge in [0.2, 0.25) is 5.43 Å². The van der Waals surface area contributed by atoms with Gasteiger partial charge in [-0.3, -0.25) is 4.79 Å². The SMILES string of the molecule is CCCCn1cc(C(=O)O)c(=O)c2cc(F)c(-c3ccccc3)cc21. The van der Waals surface area contributed by atoms with Gasteiger partial charge in [0.15, 0.2) is 0 Å². The van der Waals surface area contributed by atoms with Crippen LogP contribution < -0.4 is 5.43 Å². The average Bonchev–Trinajstić information content (AvgIpc) is 2.61. The molecule has 0 aliphatic carbocycles. The first-order chi connectivity index (χ1) is 12.0. The molecule has 0 unspecified atom stereocenters. The lowest BCUT2D eigenvalue weighted by Gasteiger charge is -2.14. The number of pyridine rings is 1. The van der Waals surface area contributed by atoms with Gasteiger partial charge >= 0.3 is 5.97 Å². The molecule has 0 radical (unpaired) electrons. The van der Waals surface area contributed by atoms with E-state index < -0.39 is 17.2 Å². The second kappa shape index (κ2) is 6.89. The highest BCUT2D eigenvalue weighted by atomic mass is 19.1. The number of nitrogens with zero attached hydrogens (tertiary/aromatic N) is 1. The van der Waals surface area contributed by atoms with E-state index in [1.165, 1.54) is 6.20 Å². The molecule has 128 valence electrons. The Kier molecular flexibility index (Phi) is 4.65. The van der Waals surface area contributed by atoms with Gasteiger partial charge in [0.1, 0.15) is 11.4 Å². The van der Waals surface area contributed by atoms with Crippen molar-refractivity contribution in [2.45, 2.75) is 26.3 Å². The van der Waals surface area contributed by atoms with E-state index >= 15 is 0 Å². The Hall–Kier alpha value is -2.95. The van der Waals surface area contributed by atoms with E-state index in [-0.39, 0.29) is 10.9 Å². The van der Waals surface area contributed by atoms with Gasteiger partial charge in [-0.1, -0.05) is 43.7 Å². The molecular weight excluding hydrogens is 321 g/mol. The first kappa shape index (κ1) is 16.9. The van der Waals surface area contributed by atoms with Crippen LogP contribution >= 0.6 is 0 Å². The van der Waals surface area contributed by atoms with Crippen LogP contribution in [0, 0.1) is 5.82 Å². The van der Waals surface area contributed by atoms with E-state index in [1.807, 2.05) is 25.1 Å². The lowest BCUT2D eigenvalue weighted by atomic mass is 10.0. The molecule has 0 saturated carbocycles. The Morgan fingerprint density at radius 1 is 1.20 bits per heavy atom. The number of benzene rings is 2. The number of carboxylic acid groups (broad SMARTS) is 1. The molecule has 0 atom stereocenters. The van der Waals surface area contributed by atoms with Crippen LogP contribution in [-0.2, 0) is 6.54 Å². The molecule has 2 aromatic carbocycles. The molecule has 0 aliphatic rings. The van der Waals surface area contributed by atoms with Gasteiger partial charge in [0.25, 0.3) is 0 Å². The molecule has 0 saturated heterocycles. The summed E-state index contributed by atoms with van der Waals surface area (Å²) >= 11 is 0. The van der Waals surface area contributed by atoms with Crippen molar-refractivity contribution in [3.05, 3.63) is 70.3 Å². The molecule has 4 nitrogen and oxygen atoms in total. The second-order valence-electron chi connectivity index (χ2n) is 5.94. The first-order valence-electron chi connectivity index (χ1n) is 8.18. The van der Waals surface area contributed by atoms with Crippen LogP contribution in [0.25, 0.3) is 22.0 Å². The molecule has 0 amide bonds. The molecule has 5 heteroatoms. The van der Waals surface area contributed by atoms with E-state index in [4.69, 9.17) is 0 Å². The normalized spacial score (nSPS) is 11.0. The Bertz CT molecular complexity index is 993. The minimum Gasteiger partial charge on any atom is -0.477 e. The largest absolute Gasteiger partial charge is 0.477 e. The monoisotopic (exact) mass is 339 g/mol. The van der Waals surface area contributed by atoms with Crippen molar-refractivity contribution >= 4 is 16.9 Å². The van der Waals surface area contributed by atoms with Crippen LogP contribution in [-0.4, -0.2) is 15.6 Å². The number of aromatic carboxylic acids is 1. The summed E-state index contributed by atoms with van der Waals surface area (Å²) in [6.07, 6.45) is 3.10. The fraction of sp³-hybridized carbons (Fsp3) is 0.200. The number of aromatic nitrogens is 1. The molecule has 0 fully saturated rings. The second-order valence-corrected chi connectivity index (χ2v) is 5.94. The Labute approximate surface area is 144 Å². The fourth-order valence-electron chi connectivity index (χ4n) is 2.92. The van der Waals surface area contributed by atoms with E-state index in [1.54, 1.807) is 22.8 Å². The molecule has 3 aromatic rings. The number of fused-ring (bicyclic) bond motifs is 1. The smallest absolute Gasteiger partial charge is 0.341 e. The van der Waals surface area contributed by atoms with Crippen LogP contribution in [0.3, 0.4) is 0 Å². The summed E-state index contributed by atoms with van der Waals surface area (Å²) in [6, 6.07) is 11.8. The summed E-state index contributed by atoms with van der Waals surface area (Å²) in [5.74, 6) is -1.84. The zero-order chi connectivity index (χ0) is 18.0. The van der Waals surface area contributed by atoms with Gasteiger partial charge in [0, 0.05) is 23.7 Å².